The molecule has 0 unspecified atom stereocenters. The molecule has 0 aliphatic carbocycles. The van der Waals surface area contributed by atoms with Gasteiger partial charge in [0.1, 0.15) is 0 Å². The molecule has 2 aromatic rings. The number of para-hydroxylation sites is 1. The molecule has 1 aromatic heterocycles. The van der Waals surface area contributed by atoms with Crippen molar-refractivity contribution < 1.29 is 0 Å². The van der Waals surface area contributed by atoms with Gasteiger partial charge in [-0.3, -0.25) is 0 Å². The second-order valence-corrected chi connectivity index (χ2v) is 4.64. The second-order valence-electron chi connectivity index (χ2n) is 3.63. The highest BCUT2D eigenvalue weighted by molar-refractivity contribution is 7.22. The van der Waals surface area contributed by atoms with Crippen LogP contribution in [0.4, 0.5) is 5.13 Å². The molecule has 2 rings (SSSR count). The fraction of sp³-hybridized carbons (Fsp3) is 0.364. The van der Waals surface area contributed by atoms with Crippen LogP contribution >= 0.6 is 11.3 Å². The van der Waals surface area contributed by atoms with Gasteiger partial charge in [0.25, 0.3) is 0 Å². The van der Waals surface area contributed by atoms with E-state index in [1.807, 2.05) is 7.05 Å². The van der Waals surface area contributed by atoms with Crippen molar-refractivity contribution in [1.29, 1.82) is 0 Å². The Bertz CT molecular complexity index is 464. The van der Waals surface area contributed by atoms with Gasteiger partial charge in [0.05, 0.1) is 10.2 Å². The van der Waals surface area contributed by atoms with Crippen molar-refractivity contribution >= 4 is 26.7 Å². The van der Waals surface area contributed by atoms with E-state index in [2.05, 4.69) is 35.0 Å². The summed E-state index contributed by atoms with van der Waals surface area (Å²) < 4.78 is 1.24. The van der Waals surface area contributed by atoms with Crippen molar-refractivity contribution in [2.24, 2.45) is 5.73 Å². The number of fused-ring (bicyclic) bond motifs is 1. The van der Waals surface area contributed by atoms with Gasteiger partial charge in [-0.1, -0.05) is 23.5 Å². The van der Waals surface area contributed by atoms with Gasteiger partial charge in [-0.2, -0.15) is 0 Å². The van der Waals surface area contributed by atoms with Crippen LogP contribution in [0.25, 0.3) is 10.2 Å². The topological polar surface area (TPSA) is 42.1 Å². The van der Waals surface area contributed by atoms with E-state index in [0.717, 1.165) is 17.2 Å². The summed E-state index contributed by atoms with van der Waals surface area (Å²) in [6.45, 7) is 3.60. The van der Waals surface area contributed by atoms with Crippen molar-refractivity contribution in [3.05, 3.63) is 23.8 Å². The van der Waals surface area contributed by atoms with Crippen molar-refractivity contribution in [3.63, 3.8) is 0 Å². The number of aryl methyl sites for hydroxylation is 1. The monoisotopic (exact) mass is 221 g/mol. The van der Waals surface area contributed by atoms with Gasteiger partial charge in [0.2, 0.25) is 0 Å². The molecule has 4 heteroatoms. The van der Waals surface area contributed by atoms with Gasteiger partial charge in [-0.15, -0.1) is 0 Å². The molecule has 3 nitrogen and oxygen atoms in total. The van der Waals surface area contributed by atoms with Crippen LogP contribution in [-0.2, 0) is 0 Å². The Kier molecular flexibility index (Phi) is 2.88. The molecular weight excluding hydrogens is 206 g/mol. The Morgan fingerprint density at radius 2 is 2.27 bits per heavy atom. The largest absolute Gasteiger partial charge is 0.350 e. The molecule has 80 valence electrons. The maximum Gasteiger partial charge on any atom is 0.186 e. The number of nitrogens with zero attached hydrogens (tertiary/aromatic N) is 2. The standard InChI is InChI=1S/C11H15N3S/c1-8-4-3-5-9-10(8)13-11(15-9)14(2)7-6-12/h3-5H,6-7,12H2,1-2H3. The highest BCUT2D eigenvalue weighted by Gasteiger charge is 2.08. The van der Waals surface area contributed by atoms with Crippen LogP contribution in [0.1, 0.15) is 5.56 Å². The molecule has 0 radical (unpaired) electrons. The van der Waals surface area contributed by atoms with E-state index in [1.54, 1.807) is 11.3 Å². The van der Waals surface area contributed by atoms with Crippen LogP contribution in [0, 0.1) is 6.92 Å². The summed E-state index contributed by atoms with van der Waals surface area (Å²) in [6, 6.07) is 6.27. The zero-order chi connectivity index (χ0) is 10.8. The first-order valence-electron chi connectivity index (χ1n) is 4.99. The Morgan fingerprint density at radius 3 is 2.93 bits per heavy atom. The number of hydrogen-bond acceptors (Lipinski definition) is 4. The summed E-state index contributed by atoms with van der Waals surface area (Å²) in [4.78, 5) is 6.72. The zero-order valence-corrected chi connectivity index (χ0v) is 9.84. The maximum atomic E-state index is 5.53. The molecular formula is C11H15N3S. The lowest BCUT2D eigenvalue weighted by molar-refractivity contribution is 0.882. The highest BCUT2D eigenvalue weighted by Crippen LogP contribution is 2.29. The van der Waals surface area contributed by atoms with Crippen LogP contribution in [0.3, 0.4) is 0 Å². The molecule has 0 saturated carbocycles. The number of likely N-dealkylation sites (N-methyl/N-ethyl adjacent to an activating group) is 1. The SMILES string of the molecule is Cc1cccc2sc(N(C)CCN)nc12. The van der Waals surface area contributed by atoms with Crippen molar-refractivity contribution in [2.45, 2.75) is 6.92 Å². The predicted molar refractivity (Wildman–Crippen MR) is 66.7 cm³/mol. The number of anilines is 1. The van der Waals surface area contributed by atoms with Crippen molar-refractivity contribution in [2.75, 3.05) is 25.0 Å². The third kappa shape index (κ3) is 1.96. The molecule has 0 bridgehead atoms. The van der Waals surface area contributed by atoms with Crippen molar-refractivity contribution in [1.82, 2.24) is 4.98 Å². The number of benzene rings is 1. The first-order chi connectivity index (χ1) is 7.22. The maximum absolute atomic E-state index is 5.53. The highest BCUT2D eigenvalue weighted by atomic mass is 32.1. The van der Waals surface area contributed by atoms with E-state index in [0.29, 0.717) is 6.54 Å². The average Bonchev–Trinajstić information content (AvgIpc) is 2.63. The van der Waals surface area contributed by atoms with Crippen molar-refractivity contribution in [3.8, 4) is 0 Å². The molecule has 1 aromatic carbocycles. The second kappa shape index (κ2) is 4.16. The summed E-state index contributed by atoms with van der Waals surface area (Å²) in [5.41, 5.74) is 7.87. The molecule has 2 N–H and O–H groups in total. The van der Waals surface area contributed by atoms with Gasteiger partial charge in [0, 0.05) is 20.1 Å². The summed E-state index contributed by atoms with van der Waals surface area (Å²) in [7, 11) is 2.03. The third-order valence-corrected chi connectivity index (χ3v) is 3.54. The number of aromatic nitrogens is 1. The van der Waals surface area contributed by atoms with Gasteiger partial charge in [0.15, 0.2) is 5.13 Å². The number of thiazole rings is 1. The molecule has 0 saturated heterocycles. The van der Waals surface area contributed by atoms with E-state index in [1.165, 1.54) is 10.3 Å². The third-order valence-electron chi connectivity index (χ3n) is 2.40. The molecule has 15 heavy (non-hydrogen) atoms. The lowest BCUT2D eigenvalue weighted by Gasteiger charge is -2.13. The Morgan fingerprint density at radius 1 is 1.47 bits per heavy atom. The normalized spacial score (nSPS) is 10.9. The Balaban J connectivity index is 2.43. The first-order valence-corrected chi connectivity index (χ1v) is 5.81. The first kappa shape index (κ1) is 10.4. The van der Waals surface area contributed by atoms with Gasteiger partial charge < -0.3 is 10.6 Å². The van der Waals surface area contributed by atoms with Crippen LogP contribution in [0.15, 0.2) is 18.2 Å². The minimum Gasteiger partial charge on any atom is -0.350 e. The van der Waals surface area contributed by atoms with Gasteiger partial charge in [-0.25, -0.2) is 4.98 Å². The lowest BCUT2D eigenvalue weighted by Crippen LogP contribution is -2.24. The molecule has 1 heterocycles. The summed E-state index contributed by atoms with van der Waals surface area (Å²) >= 11 is 1.72. The average molecular weight is 221 g/mol. The number of rotatable bonds is 3. The summed E-state index contributed by atoms with van der Waals surface area (Å²) in [5, 5.41) is 1.05. The molecule has 0 atom stereocenters. The van der Waals surface area contributed by atoms with Crippen LogP contribution in [0.2, 0.25) is 0 Å². The predicted octanol–water partition coefficient (Wildman–Crippen LogP) is 2.00. The van der Waals surface area contributed by atoms with Crippen LogP contribution in [-0.4, -0.2) is 25.1 Å². The molecule has 0 aliphatic rings. The summed E-state index contributed by atoms with van der Waals surface area (Å²) in [6.07, 6.45) is 0. The zero-order valence-electron chi connectivity index (χ0n) is 9.03. The van der Waals surface area contributed by atoms with Crippen LogP contribution in [0.5, 0.6) is 0 Å². The van der Waals surface area contributed by atoms with E-state index in [-0.39, 0.29) is 0 Å². The van der Waals surface area contributed by atoms with E-state index >= 15 is 0 Å². The minimum absolute atomic E-state index is 0.658. The van der Waals surface area contributed by atoms with E-state index in [4.69, 9.17) is 5.73 Å². The van der Waals surface area contributed by atoms with E-state index in [9.17, 15) is 0 Å². The summed E-state index contributed by atoms with van der Waals surface area (Å²) in [5.74, 6) is 0. The van der Waals surface area contributed by atoms with Gasteiger partial charge >= 0.3 is 0 Å². The van der Waals surface area contributed by atoms with E-state index < -0.39 is 0 Å². The Labute approximate surface area is 93.5 Å². The fourth-order valence-electron chi connectivity index (χ4n) is 1.53. The minimum atomic E-state index is 0.658. The molecule has 0 fully saturated rings. The number of hydrogen-bond donors (Lipinski definition) is 1. The Hall–Kier alpha value is -1.13. The van der Waals surface area contributed by atoms with Crippen LogP contribution < -0.4 is 10.6 Å². The lowest BCUT2D eigenvalue weighted by atomic mass is 10.2. The quantitative estimate of drug-likeness (QED) is 0.862. The smallest absolute Gasteiger partial charge is 0.186 e. The van der Waals surface area contributed by atoms with Gasteiger partial charge in [-0.05, 0) is 18.6 Å². The molecule has 0 spiro atoms. The molecule has 0 aliphatic heterocycles. The fourth-order valence-corrected chi connectivity index (χ4v) is 2.56. The molecule has 0 amide bonds. The number of nitrogens with two attached hydrogens (primary N) is 1.